The number of alkyl halides is 3. The Labute approximate surface area is 93.0 Å². The summed E-state index contributed by atoms with van der Waals surface area (Å²) in [6.45, 7) is 5.31. The molecule has 1 aromatic heterocycles. The van der Waals surface area contributed by atoms with Crippen molar-refractivity contribution in [2.45, 2.75) is 32.9 Å². The largest absolute Gasteiger partial charge is 0.417 e. The van der Waals surface area contributed by atoms with E-state index in [0.29, 0.717) is 5.69 Å². The lowest BCUT2D eigenvalue weighted by atomic mass is 10.0. The van der Waals surface area contributed by atoms with Crippen LogP contribution in [0.1, 0.15) is 43.5 Å². The molecule has 0 bridgehead atoms. The van der Waals surface area contributed by atoms with E-state index in [0.717, 1.165) is 6.07 Å². The lowest BCUT2D eigenvalue weighted by molar-refractivity contribution is -0.137. The fourth-order valence-corrected chi connectivity index (χ4v) is 1.36. The average molecular weight is 229 g/mol. The van der Waals surface area contributed by atoms with Gasteiger partial charge in [0, 0.05) is 17.5 Å². The lowest BCUT2D eigenvalue weighted by Gasteiger charge is -2.13. The van der Waals surface area contributed by atoms with E-state index in [4.69, 9.17) is 0 Å². The van der Waals surface area contributed by atoms with Crippen molar-refractivity contribution in [2.24, 2.45) is 0 Å². The SMILES string of the molecule is C/C=C/c1cnc(C(C)C)cc1C(F)(F)F. The molecular formula is C12H14F3N. The minimum atomic E-state index is -4.33. The molecule has 0 amide bonds. The monoisotopic (exact) mass is 229 g/mol. The van der Waals surface area contributed by atoms with Crippen LogP contribution in [0.3, 0.4) is 0 Å². The van der Waals surface area contributed by atoms with Gasteiger partial charge in [0.15, 0.2) is 0 Å². The van der Waals surface area contributed by atoms with Gasteiger partial charge in [-0.1, -0.05) is 26.0 Å². The Hall–Kier alpha value is -1.32. The van der Waals surface area contributed by atoms with Crippen molar-refractivity contribution < 1.29 is 13.2 Å². The summed E-state index contributed by atoms with van der Waals surface area (Å²) in [7, 11) is 0. The van der Waals surface area contributed by atoms with Gasteiger partial charge in [-0.15, -0.1) is 0 Å². The van der Waals surface area contributed by atoms with Crippen molar-refractivity contribution in [1.29, 1.82) is 0 Å². The molecule has 0 saturated heterocycles. The summed E-state index contributed by atoms with van der Waals surface area (Å²) < 4.78 is 38.3. The second-order valence-electron chi connectivity index (χ2n) is 3.85. The summed E-state index contributed by atoms with van der Waals surface area (Å²) in [6, 6.07) is 1.12. The van der Waals surface area contributed by atoms with Gasteiger partial charge in [-0.25, -0.2) is 0 Å². The van der Waals surface area contributed by atoms with Crippen LogP contribution in [-0.2, 0) is 6.18 Å². The first-order valence-corrected chi connectivity index (χ1v) is 5.06. The number of pyridine rings is 1. The van der Waals surface area contributed by atoms with Crippen molar-refractivity contribution in [3.8, 4) is 0 Å². The van der Waals surface area contributed by atoms with Crippen molar-refractivity contribution in [1.82, 2.24) is 4.98 Å². The van der Waals surface area contributed by atoms with Gasteiger partial charge in [0.2, 0.25) is 0 Å². The normalized spacial score (nSPS) is 12.7. The second kappa shape index (κ2) is 4.68. The number of rotatable bonds is 2. The fourth-order valence-electron chi connectivity index (χ4n) is 1.36. The van der Waals surface area contributed by atoms with Crippen molar-refractivity contribution >= 4 is 6.08 Å². The predicted molar refractivity (Wildman–Crippen MR) is 58.0 cm³/mol. The van der Waals surface area contributed by atoms with Crippen molar-refractivity contribution in [3.63, 3.8) is 0 Å². The Bertz CT molecular complexity index is 392. The number of halogens is 3. The highest BCUT2D eigenvalue weighted by Gasteiger charge is 2.33. The highest BCUT2D eigenvalue weighted by Crippen LogP contribution is 2.33. The smallest absolute Gasteiger partial charge is 0.260 e. The third-order valence-corrected chi connectivity index (χ3v) is 2.20. The van der Waals surface area contributed by atoms with Gasteiger partial charge in [-0.3, -0.25) is 4.98 Å². The number of nitrogens with zero attached hydrogens (tertiary/aromatic N) is 1. The summed E-state index contributed by atoms with van der Waals surface area (Å²) in [6.07, 6.45) is -0.0686. The Balaban J connectivity index is 3.33. The van der Waals surface area contributed by atoms with Crippen LogP contribution >= 0.6 is 0 Å². The minimum absolute atomic E-state index is 0.0132. The van der Waals surface area contributed by atoms with E-state index in [-0.39, 0.29) is 11.5 Å². The van der Waals surface area contributed by atoms with Gasteiger partial charge in [-0.05, 0) is 18.9 Å². The van der Waals surface area contributed by atoms with Gasteiger partial charge in [0.1, 0.15) is 0 Å². The van der Waals surface area contributed by atoms with Gasteiger partial charge in [-0.2, -0.15) is 13.2 Å². The molecule has 4 heteroatoms. The first-order valence-electron chi connectivity index (χ1n) is 5.06. The quantitative estimate of drug-likeness (QED) is 0.738. The Kier molecular flexibility index (Phi) is 3.73. The molecule has 1 aromatic rings. The molecule has 0 aromatic carbocycles. The fraction of sp³-hybridized carbons (Fsp3) is 0.417. The molecule has 0 spiro atoms. The first-order chi connectivity index (χ1) is 7.36. The molecule has 0 aliphatic carbocycles. The molecule has 1 heterocycles. The zero-order valence-corrected chi connectivity index (χ0v) is 9.47. The zero-order valence-electron chi connectivity index (χ0n) is 9.47. The highest BCUT2D eigenvalue weighted by atomic mass is 19.4. The van der Waals surface area contributed by atoms with Crippen molar-refractivity contribution in [2.75, 3.05) is 0 Å². The molecule has 0 aliphatic heterocycles. The number of allylic oxidation sites excluding steroid dienone is 1. The van der Waals surface area contributed by atoms with E-state index in [1.807, 2.05) is 13.8 Å². The summed E-state index contributed by atoms with van der Waals surface area (Å²) >= 11 is 0. The molecule has 1 nitrogen and oxygen atoms in total. The molecule has 88 valence electrons. The van der Waals surface area contributed by atoms with E-state index in [1.165, 1.54) is 12.3 Å². The first kappa shape index (κ1) is 12.7. The summed E-state index contributed by atoms with van der Waals surface area (Å²) in [5, 5.41) is 0. The zero-order chi connectivity index (χ0) is 12.3. The molecule has 0 unspecified atom stereocenters. The number of hydrogen-bond donors (Lipinski definition) is 0. The van der Waals surface area contributed by atoms with Crippen molar-refractivity contribution in [3.05, 3.63) is 35.2 Å². The maximum Gasteiger partial charge on any atom is 0.417 e. The van der Waals surface area contributed by atoms with Crippen LogP contribution in [0.2, 0.25) is 0 Å². The molecule has 1 rings (SSSR count). The topological polar surface area (TPSA) is 12.9 Å². The van der Waals surface area contributed by atoms with E-state index in [9.17, 15) is 13.2 Å². The van der Waals surface area contributed by atoms with Crippen LogP contribution in [0.25, 0.3) is 6.08 Å². The molecule has 0 aliphatic rings. The standard InChI is InChI=1S/C12H14F3N/c1-4-5-9-7-16-11(8(2)3)6-10(9)12(13,14)15/h4-8H,1-3H3/b5-4+. The van der Waals surface area contributed by atoms with Crippen LogP contribution in [0.4, 0.5) is 13.2 Å². The maximum atomic E-state index is 12.8. The number of aromatic nitrogens is 1. The lowest BCUT2D eigenvalue weighted by Crippen LogP contribution is -2.09. The third-order valence-electron chi connectivity index (χ3n) is 2.20. The summed E-state index contributed by atoms with van der Waals surface area (Å²) in [5.74, 6) is -0.0132. The second-order valence-corrected chi connectivity index (χ2v) is 3.85. The Morgan fingerprint density at radius 3 is 2.38 bits per heavy atom. The summed E-state index contributed by atoms with van der Waals surface area (Å²) in [4.78, 5) is 4.02. The van der Waals surface area contributed by atoms with Gasteiger partial charge in [0.25, 0.3) is 0 Å². The molecule has 0 radical (unpaired) electrons. The van der Waals surface area contributed by atoms with Gasteiger partial charge >= 0.3 is 6.18 Å². The third kappa shape index (κ3) is 2.84. The predicted octanol–water partition coefficient (Wildman–Crippen LogP) is 4.26. The van der Waals surface area contributed by atoms with Gasteiger partial charge in [0.05, 0.1) is 5.56 Å². The van der Waals surface area contributed by atoms with E-state index in [1.54, 1.807) is 13.0 Å². The molecule has 0 N–H and O–H groups in total. The molecule has 0 saturated carbocycles. The van der Waals surface area contributed by atoms with Crippen LogP contribution < -0.4 is 0 Å². The van der Waals surface area contributed by atoms with E-state index in [2.05, 4.69) is 4.98 Å². The Morgan fingerprint density at radius 2 is 1.94 bits per heavy atom. The molecule has 16 heavy (non-hydrogen) atoms. The molecule has 0 fully saturated rings. The van der Waals surface area contributed by atoms with Crippen LogP contribution in [0, 0.1) is 0 Å². The number of hydrogen-bond acceptors (Lipinski definition) is 1. The van der Waals surface area contributed by atoms with E-state index < -0.39 is 11.7 Å². The Morgan fingerprint density at radius 1 is 1.31 bits per heavy atom. The minimum Gasteiger partial charge on any atom is -0.260 e. The molecule has 0 atom stereocenters. The highest BCUT2D eigenvalue weighted by molar-refractivity contribution is 5.53. The van der Waals surface area contributed by atoms with Gasteiger partial charge < -0.3 is 0 Å². The van der Waals surface area contributed by atoms with Crippen LogP contribution in [0.5, 0.6) is 0 Å². The maximum absolute atomic E-state index is 12.8. The van der Waals surface area contributed by atoms with Crippen LogP contribution in [-0.4, -0.2) is 4.98 Å². The van der Waals surface area contributed by atoms with Crippen LogP contribution in [0.15, 0.2) is 18.3 Å². The summed E-state index contributed by atoms with van der Waals surface area (Å²) in [5.41, 5.74) is -0.0516. The molecular weight excluding hydrogens is 215 g/mol. The average Bonchev–Trinajstić information content (AvgIpc) is 2.16. The van der Waals surface area contributed by atoms with E-state index >= 15 is 0 Å².